The van der Waals surface area contributed by atoms with Crippen molar-refractivity contribution in [2.75, 3.05) is 13.1 Å². The van der Waals surface area contributed by atoms with Crippen LogP contribution in [0.4, 0.5) is 0 Å². The number of likely N-dealkylation sites (tertiary alicyclic amines) is 1. The maximum absolute atomic E-state index is 12.4. The van der Waals surface area contributed by atoms with Crippen LogP contribution >= 0.6 is 0 Å². The SMILES string of the molecule is Cc1cc(CC(=O)N2CCC(Oc3ccccc3C)(C(=O)O)CC2)on1. The van der Waals surface area contributed by atoms with Gasteiger partial charge in [-0.1, -0.05) is 23.4 Å². The van der Waals surface area contributed by atoms with Gasteiger partial charge in [-0.15, -0.1) is 0 Å². The van der Waals surface area contributed by atoms with Crippen LogP contribution in [-0.2, 0) is 16.0 Å². The van der Waals surface area contributed by atoms with E-state index in [-0.39, 0.29) is 25.2 Å². The van der Waals surface area contributed by atoms with E-state index in [4.69, 9.17) is 9.26 Å². The van der Waals surface area contributed by atoms with Crippen LogP contribution in [0.1, 0.15) is 29.9 Å². The molecule has 1 N–H and O–H groups in total. The Balaban J connectivity index is 1.66. The summed E-state index contributed by atoms with van der Waals surface area (Å²) in [4.78, 5) is 26.0. The molecule has 2 heterocycles. The Kier molecular flexibility index (Phi) is 4.97. The van der Waals surface area contributed by atoms with Gasteiger partial charge < -0.3 is 19.3 Å². The molecular formula is C19H22N2O5. The van der Waals surface area contributed by atoms with E-state index < -0.39 is 11.6 Å². The Morgan fingerprint density at radius 1 is 1.27 bits per heavy atom. The van der Waals surface area contributed by atoms with Crippen LogP contribution < -0.4 is 4.74 Å². The number of para-hydroxylation sites is 1. The molecule has 0 spiro atoms. The third-order valence-corrected chi connectivity index (χ3v) is 4.71. The number of aryl methyl sites for hydroxylation is 2. The summed E-state index contributed by atoms with van der Waals surface area (Å²) in [5.41, 5.74) is 0.293. The molecule has 1 fully saturated rings. The number of hydrogen-bond donors (Lipinski definition) is 1. The van der Waals surface area contributed by atoms with Crippen molar-refractivity contribution in [2.45, 2.75) is 38.7 Å². The quantitative estimate of drug-likeness (QED) is 0.882. The van der Waals surface area contributed by atoms with Crippen molar-refractivity contribution in [3.8, 4) is 5.75 Å². The number of carbonyl (C=O) groups is 2. The smallest absolute Gasteiger partial charge is 0.348 e. The van der Waals surface area contributed by atoms with Crippen molar-refractivity contribution in [3.63, 3.8) is 0 Å². The van der Waals surface area contributed by atoms with Crippen molar-refractivity contribution < 1.29 is 24.0 Å². The predicted octanol–water partition coefficient (Wildman–Crippen LogP) is 2.36. The molecule has 0 radical (unpaired) electrons. The summed E-state index contributed by atoms with van der Waals surface area (Å²) in [7, 11) is 0. The van der Waals surface area contributed by atoms with E-state index in [1.165, 1.54) is 0 Å². The molecule has 138 valence electrons. The molecule has 1 amide bonds. The lowest BCUT2D eigenvalue weighted by Gasteiger charge is -2.39. The van der Waals surface area contributed by atoms with Crippen LogP contribution in [-0.4, -0.2) is 45.7 Å². The van der Waals surface area contributed by atoms with Gasteiger partial charge in [0.15, 0.2) is 0 Å². The van der Waals surface area contributed by atoms with Crippen molar-refractivity contribution in [1.82, 2.24) is 10.1 Å². The highest BCUT2D eigenvalue weighted by Crippen LogP contribution is 2.31. The maximum atomic E-state index is 12.4. The minimum atomic E-state index is -1.31. The number of ether oxygens (including phenoxy) is 1. The van der Waals surface area contributed by atoms with E-state index >= 15 is 0 Å². The molecule has 1 aromatic carbocycles. The van der Waals surface area contributed by atoms with Gasteiger partial charge in [0, 0.05) is 32.0 Å². The second kappa shape index (κ2) is 7.19. The number of aromatic nitrogens is 1. The van der Waals surface area contributed by atoms with Crippen molar-refractivity contribution in [2.24, 2.45) is 0 Å². The average molecular weight is 358 g/mol. The standard InChI is InChI=1S/C19H22N2O5/c1-13-5-3-4-6-16(13)25-19(18(23)24)7-9-21(10-8-19)17(22)12-15-11-14(2)20-26-15/h3-6,11H,7-10,12H2,1-2H3,(H,23,24). The monoisotopic (exact) mass is 358 g/mol. The first-order chi connectivity index (χ1) is 12.4. The number of carboxylic acids is 1. The molecule has 1 aromatic heterocycles. The second-order valence-corrected chi connectivity index (χ2v) is 6.66. The average Bonchev–Trinajstić information content (AvgIpc) is 3.02. The van der Waals surface area contributed by atoms with E-state index in [9.17, 15) is 14.7 Å². The second-order valence-electron chi connectivity index (χ2n) is 6.66. The van der Waals surface area contributed by atoms with Crippen LogP contribution in [0.15, 0.2) is 34.9 Å². The Morgan fingerprint density at radius 3 is 2.54 bits per heavy atom. The van der Waals surface area contributed by atoms with Crippen LogP contribution in [0.25, 0.3) is 0 Å². The molecule has 3 rings (SSSR count). The molecule has 26 heavy (non-hydrogen) atoms. The van der Waals surface area contributed by atoms with Gasteiger partial charge in [-0.3, -0.25) is 4.79 Å². The molecular weight excluding hydrogens is 336 g/mol. The number of aliphatic carboxylic acids is 1. The Hall–Kier alpha value is -2.83. The van der Waals surface area contributed by atoms with E-state index in [1.807, 2.05) is 25.1 Å². The first kappa shape index (κ1) is 18.0. The first-order valence-electron chi connectivity index (χ1n) is 8.58. The summed E-state index contributed by atoms with van der Waals surface area (Å²) >= 11 is 0. The summed E-state index contributed by atoms with van der Waals surface area (Å²) in [5.74, 6) is -0.0275. The minimum absolute atomic E-state index is 0.101. The predicted molar refractivity (Wildman–Crippen MR) is 92.9 cm³/mol. The zero-order valence-electron chi connectivity index (χ0n) is 14.9. The van der Waals surface area contributed by atoms with E-state index in [0.717, 1.165) is 11.3 Å². The van der Waals surface area contributed by atoms with Gasteiger partial charge in [0.05, 0.1) is 12.1 Å². The van der Waals surface area contributed by atoms with E-state index in [2.05, 4.69) is 5.16 Å². The van der Waals surface area contributed by atoms with Gasteiger partial charge in [-0.05, 0) is 25.5 Å². The van der Waals surface area contributed by atoms with Gasteiger partial charge in [0.2, 0.25) is 11.5 Å². The Labute approximate surface area is 151 Å². The van der Waals surface area contributed by atoms with Crippen LogP contribution in [0.2, 0.25) is 0 Å². The highest BCUT2D eigenvalue weighted by Gasteiger charge is 2.45. The molecule has 0 aliphatic carbocycles. The maximum Gasteiger partial charge on any atom is 0.348 e. The molecule has 0 bridgehead atoms. The molecule has 1 saturated heterocycles. The highest BCUT2D eigenvalue weighted by atomic mass is 16.5. The third-order valence-electron chi connectivity index (χ3n) is 4.71. The number of amides is 1. The van der Waals surface area contributed by atoms with Crippen LogP contribution in [0.3, 0.4) is 0 Å². The number of piperidine rings is 1. The van der Waals surface area contributed by atoms with Gasteiger partial charge >= 0.3 is 5.97 Å². The van der Waals surface area contributed by atoms with E-state index in [0.29, 0.717) is 24.6 Å². The topological polar surface area (TPSA) is 92.9 Å². The van der Waals surface area contributed by atoms with Crippen LogP contribution in [0.5, 0.6) is 5.75 Å². The summed E-state index contributed by atoms with van der Waals surface area (Å²) in [6.07, 6.45) is 0.593. The summed E-state index contributed by atoms with van der Waals surface area (Å²) in [6.45, 7) is 4.32. The highest BCUT2D eigenvalue weighted by molar-refractivity contribution is 5.81. The van der Waals surface area contributed by atoms with Crippen LogP contribution in [0, 0.1) is 13.8 Å². The lowest BCUT2D eigenvalue weighted by atomic mass is 9.90. The zero-order chi connectivity index (χ0) is 18.7. The summed E-state index contributed by atoms with van der Waals surface area (Å²) in [6, 6.07) is 9.06. The number of rotatable bonds is 5. The van der Waals surface area contributed by atoms with Gasteiger partial charge in [0.1, 0.15) is 11.5 Å². The molecule has 7 nitrogen and oxygen atoms in total. The normalized spacial score (nSPS) is 16.3. The number of carbonyl (C=O) groups excluding carboxylic acids is 1. The molecule has 0 unspecified atom stereocenters. The number of benzene rings is 1. The molecule has 0 saturated carbocycles. The fourth-order valence-electron chi connectivity index (χ4n) is 3.12. The first-order valence-corrected chi connectivity index (χ1v) is 8.58. The zero-order valence-corrected chi connectivity index (χ0v) is 14.9. The Bertz CT molecular complexity index is 806. The molecule has 1 aliphatic rings. The molecule has 1 aliphatic heterocycles. The minimum Gasteiger partial charge on any atom is -0.478 e. The summed E-state index contributed by atoms with van der Waals surface area (Å²) < 4.78 is 11.0. The number of nitrogens with zero attached hydrogens (tertiary/aromatic N) is 2. The molecule has 0 atom stereocenters. The number of hydrogen-bond acceptors (Lipinski definition) is 5. The lowest BCUT2D eigenvalue weighted by molar-refractivity contribution is -0.161. The van der Waals surface area contributed by atoms with Crippen molar-refractivity contribution in [1.29, 1.82) is 0 Å². The third kappa shape index (κ3) is 3.71. The van der Waals surface area contributed by atoms with Gasteiger partial charge in [-0.2, -0.15) is 0 Å². The molecule has 7 heteroatoms. The van der Waals surface area contributed by atoms with Crippen molar-refractivity contribution in [3.05, 3.63) is 47.3 Å². The molecule has 2 aromatic rings. The Morgan fingerprint density at radius 2 is 1.96 bits per heavy atom. The fourth-order valence-corrected chi connectivity index (χ4v) is 3.12. The van der Waals surface area contributed by atoms with Gasteiger partial charge in [-0.25, -0.2) is 4.79 Å². The lowest BCUT2D eigenvalue weighted by Crippen LogP contribution is -2.54. The van der Waals surface area contributed by atoms with Crippen molar-refractivity contribution >= 4 is 11.9 Å². The van der Waals surface area contributed by atoms with Gasteiger partial charge in [0.25, 0.3) is 0 Å². The summed E-state index contributed by atoms with van der Waals surface area (Å²) in [5, 5.41) is 13.5. The largest absolute Gasteiger partial charge is 0.478 e. The fraction of sp³-hybridized carbons (Fsp3) is 0.421. The number of carboxylic acid groups (broad SMARTS) is 1. The van der Waals surface area contributed by atoms with E-state index in [1.54, 1.807) is 24.0 Å².